The molecule has 0 N–H and O–H groups in total. The zero-order chi connectivity index (χ0) is 15.4. The molecular weight excluding hydrogens is 296 g/mol. The number of carbonyl (C=O) groups excluding carboxylic acids is 1. The summed E-state index contributed by atoms with van der Waals surface area (Å²) < 4.78 is 10.8. The van der Waals surface area contributed by atoms with E-state index in [4.69, 9.17) is 21.8 Å². The largest absolute Gasteiger partial charge is 0.468 e. The van der Waals surface area contributed by atoms with Crippen LogP contribution in [0.3, 0.4) is 0 Å². The predicted octanol–water partition coefficient (Wildman–Crippen LogP) is 4.60. The van der Waals surface area contributed by atoms with Crippen LogP contribution in [-0.4, -0.2) is 12.4 Å². The van der Waals surface area contributed by atoms with Crippen LogP contribution in [0.5, 0.6) is 0 Å². The van der Waals surface area contributed by atoms with Crippen molar-refractivity contribution in [2.24, 2.45) is 17.8 Å². The Morgan fingerprint density at radius 3 is 2.77 bits per heavy atom. The molecule has 1 saturated carbocycles. The average molecular weight is 321 g/mol. The lowest BCUT2D eigenvalue weighted by Gasteiger charge is -2.29. The minimum atomic E-state index is -0.148. The summed E-state index contributed by atoms with van der Waals surface area (Å²) in [6.07, 6.45) is 9.75. The number of hydrogen-bond acceptors (Lipinski definition) is 4. The van der Waals surface area contributed by atoms with Crippen molar-refractivity contribution in [3.63, 3.8) is 0 Å². The van der Waals surface area contributed by atoms with Gasteiger partial charge in [0.1, 0.15) is 11.5 Å². The Hall–Kier alpha value is -0.740. The molecule has 1 aromatic heterocycles. The van der Waals surface area contributed by atoms with Gasteiger partial charge in [-0.05, 0) is 30.9 Å². The molecule has 121 valence electrons. The Labute approximate surface area is 138 Å². The van der Waals surface area contributed by atoms with Gasteiger partial charge in [-0.3, -0.25) is 4.79 Å². The second kappa shape index (κ2) is 7.69. The summed E-state index contributed by atoms with van der Waals surface area (Å²) in [5.41, 5.74) is 0. The first kappa shape index (κ1) is 16.1. The molecule has 22 heavy (non-hydrogen) atoms. The van der Waals surface area contributed by atoms with E-state index in [1.807, 2.05) is 12.1 Å². The molecule has 3 unspecified atom stereocenters. The van der Waals surface area contributed by atoms with Gasteiger partial charge in [-0.15, -0.1) is 0 Å². The van der Waals surface area contributed by atoms with E-state index >= 15 is 0 Å². The maximum Gasteiger partial charge on any atom is 0.143 e. The number of rotatable bonds is 6. The molecule has 3 nitrogen and oxygen atoms in total. The highest BCUT2D eigenvalue weighted by atomic mass is 32.1. The number of ether oxygens (including phenoxy) is 1. The van der Waals surface area contributed by atoms with Gasteiger partial charge >= 0.3 is 0 Å². The van der Waals surface area contributed by atoms with Crippen molar-refractivity contribution in [2.45, 2.75) is 50.2 Å². The van der Waals surface area contributed by atoms with E-state index < -0.39 is 0 Å². The van der Waals surface area contributed by atoms with E-state index in [0.29, 0.717) is 18.3 Å². The molecule has 2 heterocycles. The van der Waals surface area contributed by atoms with E-state index in [2.05, 4.69) is 0 Å². The smallest absolute Gasteiger partial charge is 0.143 e. The summed E-state index contributed by atoms with van der Waals surface area (Å²) in [4.78, 5) is 13.0. The van der Waals surface area contributed by atoms with Gasteiger partial charge in [0.05, 0.1) is 24.7 Å². The predicted molar refractivity (Wildman–Crippen MR) is 88.5 cm³/mol. The normalized spacial score (nSPS) is 26.0. The summed E-state index contributed by atoms with van der Waals surface area (Å²) in [6, 6.07) is 3.79. The number of furan rings is 1. The number of ketones is 1. The summed E-state index contributed by atoms with van der Waals surface area (Å²) in [5.74, 6) is 1.69. The third-order valence-electron chi connectivity index (χ3n) is 5.09. The van der Waals surface area contributed by atoms with Crippen LogP contribution in [-0.2, 0) is 9.53 Å². The fourth-order valence-corrected chi connectivity index (χ4v) is 4.19. The van der Waals surface area contributed by atoms with E-state index in [0.717, 1.165) is 18.6 Å². The molecular formula is C18H25O3S. The molecule has 0 amide bonds. The summed E-state index contributed by atoms with van der Waals surface area (Å²) in [7, 11) is 0. The van der Waals surface area contributed by atoms with Crippen LogP contribution in [0, 0.1) is 24.4 Å². The van der Waals surface area contributed by atoms with Gasteiger partial charge in [0.25, 0.3) is 0 Å². The molecule has 0 spiro atoms. The van der Waals surface area contributed by atoms with E-state index in [1.54, 1.807) is 12.9 Å². The maximum atomic E-state index is 13.0. The summed E-state index contributed by atoms with van der Waals surface area (Å²) in [6.45, 7) is 2.29. The molecule has 2 aliphatic rings. The molecule has 3 rings (SSSR count). The van der Waals surface area contributed by atoms with Crippen LogP contribution in [0.15, 0.2) is 22.8 Å². The Kier molecular flexibility index (Phi) is 5.64. The van der Waals surface area contributed by atoms with Crippen molar-refractivity contribution in [3.05, 3.63) is 30.8 Å². The Morgan fingerprint density at radius 2 is 2.14 bits per heavy atom. The number of thiol groups is 1. The standard InChI is InChI=1S/C18H25O3S/c19-17(14-8-10-20-12-14)15(11-13-5-2-1-3-6-13)18(22)16-7-4-9-21-16/h4,7,9-10,13-15,18,22H,1-3,5-6,8,11-12H2. The lowest BCUT2D eigenvalue weighted by atomic mass is 9.77. The third-order valence-corrected chi connectivity index (χ3v) is 5.71. The van der Waals surface area contributed by atoms with Crippen molar-refractivity contribution in [3.8, 4) is 0 Å². The molecule has 1 radical (unpaired) electrons. The fraction of sp³-hybridized carbons (Fsp3) is 0.667. The molecule has 1 aliphatic heterocycles. The lowest BCUT2D eigenvalue weighted by Crippen LogP contribution is -2.29. The number of Topliss-reactive ketones (excluding diaryl/α,β-unsaturated/α-hetero) is 1. The van der Waals surface area contributed by atoms with E-state index in [1.165, 1.54) is 32.1 Å². The minimum Gasteiger partial charge on any atom is -0.468 e. The van der Waals surface area contributed by atoms with Gasteiger partial charge < -0.3 is 9.15 Å². The van der Waals surface area contributed by atoms with Gasteiger partial charge in [0.15, 0.2) is 0 Å². The summed E-state index contributed by atoms with van der Waals surface area (Å²) >= 11 is 4.75. The third kappa shape index (κ3) is 3.77. The maximum absolute atomic E-state index is 13.0. The zero-order valence-corrected chi connectivity index (χ0v) is 13.8. The molecule has 1 saturated heterocycles. The average Bonchev–Trinajstić information content (AvgIpc) is 3.25. The molecule has 1 aromatic rings. The first-order valence-electron chi connectivity index (χ1n) is 8.44. The van der Waals surface area contributed by atoms with Crippen molar-refractivity contribution in [2.75, 3.05) is 6.61 Å². The first-order chi connectivity index (χ1) is 10.8. The summed E-state index contributed by atoms with van der Waals surface area (Å²) in [5, 5.41) is -0.148. The molecule has 4 heteroatoms. The van der Waals surface area contributed by atoms with Crippen LogP contribution in [0.4, 0.5) is 0 Å². The zero-order valence-electron chi connectivity index (χ0n) is 12.9. The Balaban J connectivity index is 1.72. The topological polar surface area (TPSA) is 39.4 Å². The lowest BCUT2D eigenvalue weighted by molar-refractivity contribution is -0.127. The highest BCUT2D eigenvalue weighted by molar-refractivity contribution is 7.80. The van der Waals surface area contributed by atoms with Gasteiger partial charge in [-0.2, -0.15) is 12.6 Å². The number of hydrogen-bond donors (Lipinski definition) is 1. The van der Waals surface area contributed by atoms with Gasteiger partial charge in [-0.1, -0.05) is 32.1 Å². The van der Waals surface area contributed by atoms with Crippen molar-refractivity contribution in [1.82, 2.24) is 0 Å². The highest BCUT2D eigenvalue weighted by Gasteiger charge is 2.36. The fourth-order valence-electron chi connectivity index (χ4n) is 3.78. The Morgan fingerprint density at radius 1 is 1.32 bits per heavy atom. The molecule has 0 bridgehead atoms. The van der Waals surface area contributed by atoms with Crippen LogP contribution >= 0.6 is 12.6 Å². The molecule has 2 fully saturated rings. The van der Waals surface area contributed by atoms with Crippen LogP contribution in [0.1, 0.15) is 56.0 Å². The SMILES string of the molecule is O=C(C1C[CH]OC1)C(CC1CCCCC1)C(S)c1ccco1. The number of carbonyl (C=O) groups is 1. The second-order valence-corrected chi connectivity index (χ2v) is 7.20. The van der Waals surface area contributed by atoms with Crippen LogP contribution in [0.2, 0.25) is 0 Å². The quantitative estimate of drug-likeness (QED) is 0.778. The van der Waals surface area contributed by atoms with Gasteiger partial charge in [0.2, 0.25) is 0 Å². The molecule has 1 aliphatic carbocycles. The highest BCUT2D eigenvalue weighted by Crippen LogP contribution is 2.40. The van der Waals surface area contributed by atoms with Crippen LogP contribution in [0.25, 0.3) is 0 Å². The van der Waals surface area contributed by atoms with E-state index in [-0.39, 0.29) is 17.1 Å². The monoisotopic (exact) mass is 321 g/mol. The van der Waals surface area contributed by atoms with Gasteiger partial charge in [-0.25, -0.2) is 0 Å². The van der Waals surface area contributed by atoms with Gasteiger partial charge in [0, 0.05) is 11.8 Å². The minimum absolute atomic E-state index is 0.00166. The van der Waals surface area contributed by atoms with Crippen LogP contribution < -0.4 is 0 Å². The molecule has 3 atom stereocenters. The molecule has 0 aromatic carbocycles. The van der Waals surface area contributed by atoms with Crippen molar-refractivity contribution in [1.29, 1.82) is 0 Å². The van der Waals surface area contributed by atoms with Crippen molar-refractivity contribution < 1.29 is 13.9 Å². The Bertz CT molecular complexity index is 459. The van der Waals surface area contributed by atoms with Crippen molar-refractivity contribution >= 4 is 18.4 Å². The second-order valence-electron chi connectivity index (χ2n) is 6.64. The van der Waals surface area contributed by atoms with E-state index in [9.17, 15) is 4.79 Å². The first-order valence-corrected chi connectivity index (χ1v) is 8.96.